The minimum Gasteiger partial charge on any atom is -0.311 e. The van der Waals surface area contributed by atoms with Gasteiger partial charge in [0.25, 0.3) is 0 Å². The van der Waals surface area contributed by atoms with Crippen molar-refractivity contribution in [3.8, 4) is 0 Å². The zero-order valence-corrected chi connectivity index (χ0v) is 13.3. The Balaban J connectivity index is 3.47. The summed E-state index contributed by atoms with van der Waals surface area (Å²) >= 11 is 0. The molecule has 0 bridgehead atoms. The highest BCUT2D eigenvalue weighted by molar-refractivity contribution is 5.32. The van der Waals surface area contributed by atoms with E-state index < -0.39 is 23.3 Å². The minimum absolute atomic E-state index is 0.199. The number of rotatable bonds is 6. The van der Waals surface area contributed by atoms with Crippen LogP contribution in [0.25, 0.3) is 0 Å². The van der Waals surface area contributed by atoms with Gasteiger partial charge < -0.3 is 10.2 Å². The van der Waals surface area contributed by atoms with Gasteiger partial charge in [0.05, 0.1) is 11.6 Å². The van der Waals surface area contributed by atoms with Gasteiger partial charge in [-0.3, -0.25) is 4.98 Å². The van der Waals surface area contributed by atoms with Gasteiger partial charge in [-0.1, -0.05) is 13.8 Å². The molecule has 0 aliphatic heterocycles. The fraction of sp³-hybridized carbons (Fsp3) is 0.667. The van der Waals surface area contributed by atoms with Crippen molar-refractivity contribution in [2.24, 2.45) is 0 Å². The van der Waals surface area contributed by atoms with E-state index in [0.29, 0.717) is 0 Å². The van der Waals surface area contributed by atoms with Gasteiger partial charge in [0.15, 0.2) is 0 Å². The van der Waals surface area contributed by atoms with Crippen LogP contribution < -0.4 is 5.32 Å². The van der Waals surface area contributed by atoms with Crippen molar-refractivity contribution >= 4 is 0 Å². The lowest BCUT2D eigenvalue weighted by Gasteiger charge is -2.45. The molecule has 3 nitrogen and oxygen atoms in total. The summed E-state index contributed by atoms with van der Waals surface area (Å²) in [5, 5.41) is 3.07. The second kappa shape index (κ2) is 6.75. The van der Waals surface area contributed by atoms with Crippen LogP contribution in [-0.2, 0) is 6.18 Å². The highest BCUT2D eigenvalue weighted by Gasteiger charge is 2.43. The quantitative estimate of drug-likeness (QED) is 0.872. The maximum absolute atomic E-state index is 13.3. The van der Waals surface area contributed by atoms with E-state index in [2.05, 4.69) is 10.3 Å². The Hall–Kier alpha value is -1.14. The largest absolute Gasteiger partial charge is 0.416 e. The number of aromatic nitrogens is 1. The number of halogens is 3. The molecule has 0 amide bonds. The molecule has 0 aromatic carbocycles. The smallest absolute Gasteiger partial charge is 0.311 e. The van der Waals surface area contributed by atoms with E-state index in [9.17, 15) is 13.2 Å². The van der Waals surface area contributed by atoms with Crippen LogP contribution in [0.1, 0.15) is 43.9 Å². The van der Waals surface area contributed by atoms with Crippen molar-refractivity contribution in [3.05, 3.63) is 29.6 Å². The van der Waals surface area contributed by atoms with Crippen LogP contribution in [0, 0.1) is 0 Å². The number of hydrogen-bond donors (Lipinski definition) is 1. The Morgan fingerprint density at radius 3 is 2.19 bits per heavy atom. The number of pyridine rings is 1. The third kappa shape index (κ3) is 3.37. The molecule has 6 heteroatoms. The average Bonchev–Trinajstić information content (AvgIpc) is 2.43. The van der Waals surface area contributed by atoms with Gasteiger partial charge in [-0.15, -0.1) is 0 Å². The van der Waals surface area contributed by atoms with Crippen molar-refractivity contribution in [3.63, 3.8) is 0 Å². The van der Waals surface area contributed by atoms with Crippen molar-refractivity contribution in [1.82, 2.24) is 15.2 Å². The molecule has 0 aliphatic carbocycles. The van der Waals surface area contributed by atoms with Crippen molar-refractivity contribution in [1.29, 1.82) is 0 Å². The van der Waals surface area contributed by atoms with E-state index in [1.807, 2.05) is 32.8 Å². The van der Waals surface area contributed by atoms with Crippen LogP contribution in [0.2, 0.25) is 0 Å². The molecular weight excluding hydrogens is 279 g/mol. The first-order valence-corrected chi connectivity index (χ1v) is 7.10. The van der Waals surface area contributed by atoms with Crippen LogP contribution >= 0.6 is 0 Å². The van der Waals surface area contributed by atoms with E-state index in [0.717, 1.165) is 18.9 Å². The predicted molar refractivity (Wildman–Crippen MR) is 78.0 cm³/mol. The Bertz CT molecular complexity index is 454. The van der Waals surface area contributed by atoms with Crippen molar-refractivity contribution < 1.29 is 13.2 Å². The Labute approximate surface area is 124 Å². The van der Waals surface area contributed by atoms with Gasteiger partial charge in [-0.25, -0.2) is 0 Å². The zero-order valence-electron chi connectivity index (χ0n) is 13.3. The molecule has 0 fully saturated rings. The Morgan fingerprint density at radius 1 is 1.24 bits per heavy atom. The molecule has 0 saturated heterocycles. The van der Waals surface area contributed by atoms with E-state index in [-0.39, 0.29) is 5.56 Å². The molecule has 120 valence electrons. The van der Waals surface area contributed by atoms with Gasteiger partial charge in [0.1, 0.15) is 0 Å². The van der Waals surface area contributed by atoms with E-state index in [1.54, 1.807) is 7.05 Å². The molecule has 1 N–H and O–H groups in total. The number of nitrogens with zero attached hydrogens (tertiary/aromatic N) is 2. The summed E-state index contributed by atoms with van der Waals surface area (Å²) in [6.07, 6.45) is -0.406. The third-order valence-electron chi connectivity index (χ3n) is 4.41. The van der Waals surface area contributed by atoms with Crippen LogP contribution in [0.15, 0.2) is 18.5 Å². The zero-order chi connectivity index (χ0) is 16.3. The maximum atomic E-state index is 13.3. The second-order valence-electron chi connectivity index (χ2n) is 5.39. The summed E-state index contributed by atoms with van der Waals surface area (Å²) in [5.74, 6) is 0. The standard InChI is InChI=1S/C15H24F3N3/c1-6-14(7-2,21(4)5)13(19-3)11-10-20-9-8-12(11)15(16,17)18/h8-10,13,19H,6-7H2,1-5H3. The predicted octanol–water partition coefficient (Wildman–Crippen LogP) is 3.48. The normalized spacial score (nSPS) is 14.5. The Kier molecular flexibility index (Phi) is 5.75. The molecule has 0 aliphatic rings. The number of hydrogen-bond acceptors (Lipinski definition) is 3. The van der Waals surface area contributed by atoms with Gasteiger partial charge in [0.2, 0.25) is 0 Å². The van der Waals surface area contributed by atoms with Gasteiger partial charge in [-0.05, 0) is 40.1 Å². The fourth-order valence-corrected chi connectivity index (χ4v) is 3.16. The highest BCUT2D eigenvalue weighted by Crippen LogP contribution is 2.41. The van der Waals surface area contributed by atoms with Crippen molar-refractivity contribution in [2.45, 2.75) is 44.4 Å². The minimum atomic E-state index is -4.38. The molecule has 1 aromatic rings. The van der Waals surface area contributed by atoms with E-state index >= 15 is 0 Å². The molecule has 0 saturated carbocycles. The second-order valence-corrected chi connectivity index (χ2v) is 5.39. The van der Waals surface area contributed by atoms with Crippen LogP contribution in [-0.4, -0.2) is 36.6 Å². The molecule has 1 rings (SSSR count). The average molecular weight is 303 g/mol. The number of alkyl halides is 3. The summed E-state index contributed by atoms with van der Waals surface area (Å²) in [4.78, 5) is 5.91. The lowest BCUT2D eigenvalue weighted by molar-refractivity contribution is -0.139. The lowest BCUT2D eigenvalue weighted by Crippen LogP contribution is -2.52. The van der Waals surface area contributed by atoms with Crippen LogP contribution in [0.3, 0.4) is 0 Å². The van der Waals surface area contributed by atoms with Crippen LogP contribution in [0.4, 0.5) is 13.2 Å². The summed E-state index contributed by atoms with van der Waals surface area (Å²) in [6.45, 7) is 3.99. The number of nitrogens with one attached hydrogen (secondary N) is 1. The van der Waals surface area contributed by atoms with Crippen molar-refractivity contribution in [2.75, 3.05) is 21.1 Å². The maximum Gasteiger partial charge on any atom is 0.416 e. The Morgan fingerprint density at radius 2 is 1.81 bits per heavy atom. The van der Waals surface area contributed by atoms with Crippen LogP contribution in [0.5, 0.6) is 0 Å². The first-order valence-electron chi connectivity index (χ1n) is 7.10. The lowest BCUT2D eigenvalue weighted by atomic mass is 9.78. The topological polar surface area (TPSA) is 28.2 Å². The fourth-order valence-electron chi connectivity index (χ4n) is 3.16. The molecular formula is C15H24F3N3. The number of likely N-dealkylation sites (N-methyl/N-ethyl adjacent to an activating group) is 2. The molecule has 1 aromatic heterocycles. The van der Waals surface area contributed by atoms with Gasteiger partial charge in [-0.2, -0.15) is 13.2 Å². The molecule has 1 heterocycles. The third-order valence-corrected chi connectivity index (χ3v) is 4.41. The molecule has 1 unspecified atom stereocenters. The van der Waals surface area contributed by atoms with Gasteiger partial charge >= 0.3 is 6.18 Å². The summed E-state index contributed by atoms with van der Waals surface area (Å²) < 4.78 is 39.8. The van der Waals surface area contributed by atoms with E-state index in [4.69, 9.17) is 0 Å². The first-order chi connectivity index (χ1) is 9.74. The summed E-state index contributed by atoms with van der Waals surface area (Å²) in [7, 11) is 5.50. The van der Waals surface area contributed by atoms with E-state index in [1.165, 1.54) is 12.4 Å². The summed E-state index contributed by atoms with van der Waals surface area (Å²) in [6, 6.07) is 0.596. The van der Waals surface area contributed by atoms with Gasteiger partial charge in [0, 0.05) is 23.5 Å². The molecule has 0 radical (unpaired) electrons. The first kappa shape index (κ1) is 17.9. The monoisotopic (exact) mass is 303 g/mol. The highest BCUT2D eigenvalue weighted by atomic mass is 19.4. The summed E-state index contributed by atoms with van der Waals surface area (Å²) in [5.41, 5.74) is -0.826. The molecule has 0 spiro atoms. The molecule has 1 atom stereocenters. The molecule has 21 heavy (non-hydrogen) atoms. The SMILES string of the molecule is CCC(CC)(C(NC)c1cnccc1C(F)(F)F)N(C)C.